The zero-order valence-corrected chi connectivity index (χ0v) is 13.4. The van der Waals surface area contributed by atoms with Crippen molar-refractivity contribution in [3.8, 4) is 0 Å². The number of halogens is 2. The molecule has 1 aromatic carbocycles. The van der Waals surface area contributed by atoms with Crippen LogP contribution in [0.3, 0.4) is 0 Å². The molecule has 0 bridgehead atoms. The number of nitrogen functional groups attached to an aromatic ring is 1. The summed E-state index contributed by atoms with van der Waals surface area (Å²) in [6, 6.07) is 4.80. The third-order valence-corrected chi connectivity index (χ3v) is 4.30. The number of benzene rings is 1. The van der Waals surface area contributed by atoms with Gasteiger partial charge >= 0.3 is 0 Å². The lowest BCUT2D eigenvalue weighted by Crippen LogP contribution is -2.47. The predicted molar refractivity (Wildman–Crippen MR) is 88.2 cm³/mol. The van der Waals surface area contributed by atoms with E-state index in [9.17, 15) is 4.39 Å². The van der Waals surface area contributed by atoms with Crippen LogP contribution >= 0.6 is 11.6 Å². The van der Waals surface area contributed by atoms with Gasteiger partial charge in [-0.3, -0.25) is 4.68 Å². The molecule has 0 unspecified atom stereocenters. The van der Waals surface area contributed by atoms with Gasteiger partial charge < -0.3 is 15.5 Å². The number of aryl methyl sites for hydroxylation is 2. The van der Waals surface area contributed by atoms with Crippen LogP contribution in [0.1, 0.15) is 5.69 Å². The highest BCUT2D eigenvalue weighted by Crippen LogP contribution is 2.28. The molecule has 0 spiro atoms. The van der Waals surface area contributed by atoms with Crippen molar-refractivity contribution in [3.63, 3.8) is 0 Å². The molecule has 2 heterocycles. The Morgan fingerprint density at radius 3 is 2.36 bits per heavy atom. The monoisotopic (exact) mass is 323 g/mol. The lowest BCUT2D eigenvalue weighted by molar-refractivity contribution is 0.590. The lowest BCUT2D eigenvalue weighted by atomic mass is 10.2. The SMILES string of the molecule is Cc1nn(C)c(N2CCN(c3ccc(Cl)cc3F)CC2)c1N. The summed E-state index contributed by atoms with van der Waals surface area (Å²) in [5, 5.41) is 4.76. The van der Waals surface area contributed by atoms with Crippen molar-refractivity contribution in [2.24, 2.45) is 7.05 Å². The van der Waals surface area contributed by atoms with Crippen molar-refractivity contribution in [1.29, 1.82) is 0 Å². The molecule has 1 fully saturated rings. The van der Waals surface area contributed by atoms with Crippen LogP contribution in [0, 0.1) is 12.7 Å². The van der Waals surface area contributed by atoms with E-state index < -0.39 is 0 Å². The second kappa shape index (κ2) is 5.68. The third kappa shape index (κ3) is 2.59. The van der Waals surface area contributed by atoms with E-state index in [1.807, 2.05) is 23.6 Å². The molecule has 7 heteroatoms. The first kappa shape index (κ1) is 15.0. The molecule has 1 aliphatic heterocycles. The van der Waals surface area contributed by atoms with E-state index in [4.69, 9.17) is 17.3 Å². The molecule has 3 rings (SSSR count). The van der Waals surface area contributed by atoms with Crippen LogP contribution < -0.4 is 15.5 Å². The Morgan fingerprint density at radius 2 is 1.82 bits per heavy atom. The molecule has 118 valence electrons. The third-order valence-electron chi connectivity index (χ3n) is 4.07. The Bertz CT molecular complexity index is 691. The molecular formula is C15H19ClFN5. The second-order valence-corrected chi connectivity index (χ2v) is 5.95. The molecule has 1 saturated heterocycles. The minimum absolute atomic E-state index is 0.281. The van der Waals surface area contributed by atoms with Gasteiger partial charge in [-0.25, -0.2) is 4.39 Å². The van der Waals surface area contributed by atoms with E-state index in [0.717, 1.165) is 37.7 Å². The van der Waals surface area contributed by atoms with Gasteiger partial charge in [0.15, 0.2) is 5.82 Å². The van der Waals surface area contributed by atoms with Crippen LogP contribution in [0.5, 0.6) is 0 Å². The van der Waals surface area contributed by atoms with Crippen molar-refractivity contribution in [1.82, 2.24) is 9.78 Å². The maximum Gasteiger partial charge on any atom is 0.150 e. The highest BCUT2D eigenvalue weighted by atomic mass is 35.5. The van der Waals surface area contributed by atoms with Crippen molar-refractivity contribution in [2.75, 3.05) is 41.7 Å². The number of anilines is 3. The van der Waals surface area contributed by atoms with Gasteiger partial charge in [0.25, 0.3) is 0 Å². The number of piperazine rings is 1. The molecule has 2 N–H and O–H groups in total. The van der Waals surface area contributed by atoms with E-state index in [2.05, 4.69) is 10.00 Å². The zero-order valence-electron chi connectivity index (χ0n) is 12.7. The Labute approximate surface area is 134 Å². The number of hydrogen-bond acceptors (Lipinski definition) is 4. The van der Waals surface area contributed by atoms with E-state index in [1.54, 1.807) is 12.1 Å². The van der Waals surface area contributed by atoms with Gasteiger partial charge in [-0.1, -0.05) is 11.6 Å². The normalized spacial score (nSPS) is 15.5. The van der Waals surface area contributed by atoms with Crippen LogP contribution in [-0.2, 0) is 7.05 Å². The highest BCUT2D eigenvalue weighted by Gasteiger charge is 2.24. The van der Waals surface area contributed by atoms with Gasteiger partial charge in [0.05, 0.1) is 17.1 Å². The van der Waals surface area contributed by atoms with Crippen LogP contribution in [-0.4, -0.2) is 36.0 Å². The molecule has 0 saturated carbocycles. The van der Waals surface area contributed by atoms with Crippen molar-refractivity contribution in [2.45, 2.75) is 6.92 Å². The van der Waals surface area contributed by atoms with Gasteiger partial charge in [-0.2, -0.15) is 5.10 Å². The number of nitrogens with zero attached hydrogens (tertiary/aromatic N) is 4. The first-order valence-corrected chi connectivity index (χ1v) is 7.59. The minimum Gasteiger partial charge on any atom is -0.394 e. The summed E-state index contributed by atoms with van der Waals surface area (Å²) >= 11 is 5.81. The summed E-state index contributed by atoms with van der Waals surface area (Å²) in [6.45, 7) is 4.89. The van der Waals surface area contributed by atoms with Gasteiger partial charge in [0.2, 0.25) is 0 Å². The van der Waals surface area contributed by atoms with E-state index in [-0.39, 0.29) is 5.82 Å². The molecule has 22 heavy (non-hydrogen) atoms. The van der Waals surface area contributed by atoms with Gasteiger partial charge in [0, 0.05) is 38.2 Å². The molecule has 0 amide bonds. The first-order chi connectivity index (χ1) is 10.5. The van der Waals surface area contributed by atoms with Crippen LogP contribution in [0.4, 0.5) is 21.6 Å². The average molecular weight is 324 g/mol. The van der Waals surface area contributed by atoms with Gasteiger partial charge in [-0.05, 0) is 25.1 Å². The summed E-state index contributed by atoms with van der Waals surface area (Å²) in [7, 11) is 1.89. The highest BCUT2D eigenvalue weighted by molar-refractivity contribution is 6.30. The smallest absolute Gasteiger partial charge is 0.150 e. The maximum absolute atomic E-state index is 14.0. The fourth-order valence-electron chi connectivity index (χ4n) is 2.93. The second-order valence-electron chi connectivity index (χ2n) is 5.52. The average Bonchev–Trinajstić information content (AvgIpc) is 2.73. The van der Waals surface area contributed by atoms with Crippen molar-refractivity contribution < 1.29 is 4.39 Å². The maximum atomic E-state index is 14.0. The molecule has 0 atom stereocenters. The van der Waals surface area contributed by atoms with Crippen LogP contribution in [0.15, 0.2) is 18.2 Å². The zero-order chi connectivity index (χ0) is 15.9. The summed E-state index contributed by atoms with van der Waals surface area (Å²) < 4.78 is 15.8. The Hall–Kier alpha value is -1.95. The standard InChI is InChI=1S/C15H19ClFN5/c1-10-14(18)15(20(2)19-10)22-7-5-21(6-8-22)13-4-3-11(16)9-12(13)17/h3-4,9H,5-8,18H2,1-2H3. The van der Waals surface area contributed by atoms with Crippen LogP contribution in [0.25, 0.3) is 0 Å². The molecular weight excluding hydrogens is 305 g/mol. The fraction of sp³-hybridized carbons (Fsp3) is 0.400. The van der Waals surface area contributed by atoms with E-state index >= 15 is 0 Å². The van der Waals surface area contributed by atoms with Crippen molar-refractivity contribution in [3.05, 3.63) is 34.7 Å². The van der Waals surface area contributed by atoms with Gasteiger partial charge in [-0.15, -0.1) is 0 Å². The topological polar surface area (TPSA) is 50.3 Å². The molecule has 1 aromatic heterocycles. The Kier molecular flexibility index (Phi) is 3.87. The predicted octanol–water partition coefficient (Wildman–Crippen LogP) is 2.43. The molecule has 5 nitrogen and oxygen atoms in total. The Balaban J connectivity index is 1.75. The van der Waals surface area contributed by atoms with E-state index in [0.29, 0.717) is 16.4 Å². The number of aromatic nitrogens is 2. The minimum atomic E-state index is -0.281. The van der Waals surface area contributed by atoms with Crippen molar-refractivity contribution >= 4 is 28.8 Å². The summed E-state index contributed by atoms with van der Waals surface area (Å²) in [5.74, 6) is 0.658. The largest absolute Gasteiger partial charge is 0.394 e. The molecule has 0 radical (unpaired) electrons. The Morgan fingerprint density at radius 1 is 1.18 bits per heavy atom. The first-order valence-electron chi connectivity index (χ1n) is 7.21. The molecule has 2 aromatic rings. The summed E-state index contributed by atoms with van der Waals surface area (Å²) in [5.41, 5.74) is 8.26. The number of hydrogen-bond donors (Lipinski definition) is 1. The fourth-order valence-corrected chi connectivity index (χ4v) is 3.09. The van der Waals surface area contributed by atoms with E-state index in [1.165, 1.54) is 6.07 Å². The van der Waals surface area contributed by atoms with Crippen LogP contribution in [0.2, 0.25) is 5.02 Å². The summed E-state index contributed by atoms with van der Waals surface area (Å²) in [4.78, 5) is 4.22. The number of nitrogens with two attached hydrogens (primary N) is 1. The molecule has 1 aliphatic rings. The van der Waals surface area contributed by atoms with Gasteiger partial charge in [0.1, 0.15) is 5.82 Å². The molecule has 0 aliphatic carbocycles. The number of rotatable bonds is 2. The lowest BCUT2D eigenvalue weighted by Gasteiger charge is -2.37. The quantitative estimate of drug-likeness (QED) is 0.922. The summed E-state index contributed by atoms with van der Waals surface area (Å²) in [6.07, 6.45) is 0.